The summed E-state index contributed by atoms with van der Waals surface area (Å²) < 4.78 is 5.03. The van der Waals surface area contributed by atoms with Gasteiger partial charge in [0, 0.05) is 5.92 Å². The SMILES string of the molecule is C[C@@H]1C[C@@H]1c1nc(C(=O)O)co1. The number of oxazole rings is 1. The fourth-order valence-electron chi connectivity index (χ4n) is 1.22. The predicted molar refractivity (Wildman–Crippen MR) is 40.0 cm³/mol. The van der Waals surface area contributed by atoms with Crippen molar-refractivity contribution in [2.75, 3.05) is 0 Å². The maximum Gasteiger partial charge on any atom is 0.357 e. The molecule has 1 aromatic rings. The van der Waals surface area contributed by atoms with Crippen LogP contribution in [0.2, 0.25) is 0 Å². The van der Waals surface area contributed by atoms with Gasteiger partial charge in [0.15, 0.2) is 11.6 Å². The zero-order valence-electron chi connectivity index (χ0n) is 6.65. The maximum absolute atomic E-state index is 10.4. The van der Waals surface area contributed by atoms with Gasteiger partial charge >= 0.3 is 5.97 Å². The standard InChI is InChI=1S/C8H9NO3/c1-4-2-5(4)7-9-6(3-12-7)8(10)11/h3-5H,2H2,1H3,(H,10,11)/t4-,5+/m1/s1. The lowest BCUT2D eigenvalue weighted by Gasteiger charge is -1.85. The van der Waals surface area contributed by atoms with E-state index in [2.05, 4.69) is 11.9 Å². The van der Waals surface area contributed by atoms with Gasteiger partial charge in [-0.05, 0) is 12.3 Å². The van der Waals surface area contributed by atoms with Gasteiger partial charge in [0.05, 0.1) is 0 Å². The number of nitrogens with zero attached hydrogens (tertiary/aromatic N) is 1. The Balaban J connectivity index is 2.19. The van der Waals surface area contributed by atoms with Crippen LogP contribution in [0.15, 0.2) is 10.7 Å². The molecule has 1 N–H and O–H groups in total. The molecule has 12 heavy (non-hydrogen) atoms. The summed E-state index contributed by atoms with van der Waals surface area (Å²) in [5.74, 6) is 0.474. The fraction of sp³-hybridized carbons (Fsp3) is 0.500. The molecule has 0 amide bonds. The van der Waals surface area contributed by atoms with Crippen molar-refractivity contribution >= 4 is 5.97 Å². The summed E-state index contributed by atoms with van der Waals surface area (Å²) in [6.45, 7) is 2.09. The minimum atomic E-state index is -1.03. The molecule has 0 saturated heterocycles. The van der Waals surface area contributed by atoms with Crippen molar-refractivity contribution in [3.63, 3.8) is 0 Å². The molecule has 1 saturated carbocycles. The monoisotopic (exact) mass is 167 g/mol. The number of carboxylic acids is 1. The van der Waals surface area contributed by atoms with Gasteiger partial charge in [-0.1, -0.05) is 6.92 Å². The van der Waals surface area contributed by atoms with Crippen molar-refractivity contribution in [2.45, 2.75) is 19.3 Å². The first-order valence-electron chi connectivity index (χ1n) is 3.87. The highest BCUT2D eigenvalue weighted by Crippen LogP contribution is 2.46. The summed E-state index contributed by atoms with van der Waals surface area (Å²) in [5, 5.41) is 8.54. The number of rotatable bonds is 2. The molecular weight excluding hydrogens is 158 g/mol. The largest absolute Gasteiger partial charge is 0.476 e. The third-order valence-corrected chi connectivity index (χ3v) is 2.17. The fourth-order valence-corrected chi connectivity index (χ4v) is 1.22. The zero-order chi connectivity index (χ0) is 8.72. The van der Waals surface area contributed by atoms with Crippen LogP contribution in [0.5, 0.6) is 0 Å². The molecule has 1 fully saturated rings. The van der Waals surface area contributed by atoms with Crippen molar-refractivity contribution in [2.24, 2.45) is 5.92 Å². The summed E-state index contributed by atoms with van der Waals surface area (Å²) in [6.07, 6.45) is 2.25. The highest BCUT2D eigenvalue weighted by atomic mass is 16.4. The zero-order valence-corrected chi connectivity index (χ0v) is 6.65. The highest BCUT2D eigenvalue weighted by Gasteiger charge is 2.38. The molecule has 0 spiro atoms. The molecule has 1 aliphatic carbocycles. The molecule has 2 rings (SSSR count). The van der Waals surface area contributed by atoms with Gasteiger partial charge < -0.3 is 9.52 Å². The van der Waals surface area contributed by atoms with Crippen molar-refractivity contribution in [1.29, 1.82) is 0 Å². The summed E-state index contributed by atoms with van der Waals surface area (Å²) in [4.78, 5) is 14.3. The Morgan fingerprint density at radius 1 is 1.83 bits per heavy atom. The average Bonchev–Trinajstić information content (AvgIpc) is 2.59. The smallest absolute Gasteiger partial charge is 0.357 e. The van der Waals surface area contributed by atoms with Gasteiger partial charge in [0.2, 0.25) is 0 Å². The van der Waals surface area contributed by atoms with E-state index in [0.717, 1.165) is 6.42 Å². The van der Waals surface area contributed by atoms with Gasteiger partial charge in [-0.15, -0.1) is 0 Å². The molecule has 1 aliphatic rings. The van der Waals surface area contributed by atoms with E-state index in [0.29, 0.717) is 17.7 Å². The van der Waals surface area contributed by atoms with Gasteiger partial charge in [-0.25, -0.2) is 9.78 Å². The van der Waals surface area contributed by atoms with E-state index in [-0.39, 0.29) is 5.69 Å². The number of aromatic carboxylic acids is 1. The molecule has 0 aliphatic heterocycles. The van der Waals surface area contributed by atoms with Gasteiger partial charge in [0.25, 0.3) is 0 Å². The van der Waals surface area contributed by atoms with Crippen LogP contribution in [0.25, 0.3) is 0 Å². The topological polar surface area (TPSA) is 63.3 Å². The van der Waals surface area contributed by atoms with Crippen LogP contribution >= 0.6 is 0 Å². The van der Waals surface area contributed by atoms with E-state index in [1.807, 2.05) is 0 Å². The Morgan fingerprint density at radius 2 is 2.50 bits per heavy atom. The van der Waals surface area contributed by atoms with E-state index < -0.39 is 5.97 Å². The van der Waals surface area contributed by atoms with E-state index in [4.69, 9.17) is 9.52 Å². The molecular formula is C8H9NO3. The Labute approximate surface area is 69.2 Å². The normalized spacial score (nSPS) is 27.1. The summed E-state index contributed by atoms with van der Waals surface area (Å²) in [7, 11) is 0. The number of aromatic nitrogens is 1. The van der Waals surface area contributed by atoms with Crippen LogP contribution in [0.1, 0.15) is 35.6 Å². The van der Waals surface area contributed by atoms with Crippen LogP contribution in [-0.2, 0) is 0 Å². The van der Waals surface area contributed by atoms with E-state index in [9.17, 15) is 4.79 Å². The molecule has 4 heteroatoms. The summed E-state index contributed by atoms with van der Waals surface area (Å²) >= 11 is 0. The molecule has 0 bridgehead atoms. The lowest BCUT2D eigenvalue weighted by molar-refractivity contribution is 0.0690. The molecule has 1 aromatic heterocycles. The quantitative estimate of drug-likeness (QED) is 0.724. The maximum atomic E-state index is 10.4. The second-order valence-electron chi connectivity index (χ2n) is 3.20. The number of carbonyl (C=O) groups is 1. The van der Waals surface area contributed by atoms with E-state index >= 15 is 0 Å². The summed E-state index contributed by atoms with van der Waals surface area (Å²) in [6, 6.07) is 0. The first kappa shape index (κ1) is 7.34. The Hall–Kier alpha value is -1.32. The van der Waals surface area contributed by atoms with Crippen LogP contribution in [-0.4, -0.2) is 16.1 Å². The third-order valence-electron chi connectivity index (χ3n) is 2.17. The Bertz CT molecular complexity index is 318. The second kappa shape index (κ2) is 2.33. The minimum Gasteiger partial charge on any atom is -0.476 e. The molecule has 0 unspecified atom stereocenters. The van der Waals surface area contributed by atoms with Gasteiger partial charge in [0.1, 0.15) is 6.26 Å². The van der Waals surface area contributed by atoms with E-state index in [1.165, 1.54) is 6.26 Å². The van der Waals surface area contributed by atoms with Gasteiger partial charge in [-0.2, -0.15) is 0 Å². The predicted octanol–water partition coefficient (Wildman–Crippen LogP) is 1.50. The first-order chi connectivity index (χ1) is 5.68. The van der Waals surface area contributed by atoms with Gasteiger partial charge in [-0.3, -0.25) is 0 Å². The molecule has 0 radical (unpaired) electrons. The second-order valence-corrected chi connectivity index (χ2v) is 3.20. The Morgan fingerprint density at radius 3 is 2.92 bits per heavy atom. The van der Waals surface area contributed by atoms with Crippen molar-refractivity contribution in [1.82, 2.24) is 4.98 Å². The lowest BCUT2D eigenvalue weighted by atomic mass is 10.3. The third kappa shape index (κ3) is 1.09. The minimum absolute atomic E-state index is 0.00380. The van der Waals surface area contributed by atoms with Crippen LogP contribution in [0.4, 0.5) is 0 Å². The van der Waals surface area contributed by atoms with Crippen molar-refractivity contribution < 1.29 is 14.3 Å². The molecule has 0 aromatic carbocycles. The molecule has 1 heterocycles. The number of hydrogen-bond acceptors (Lipinski definition) is 3. The van der Waals surface area contributed by atoms with Crippen LogP contribution in [0.3, 0.4) is 0 Å². The molecule has 4 nitrogen and oxygen atoms in total. The van der Waals surface area contributed by atoms with Crippen LogP contribution in [0, 0.1) is 5.92 Å². The van der Waals surface area contributed by atoms with Crippen molar-refractivity contribution in [3.8, 4) is 0 Å². The first-order valence-corrected chi connectivity index (χ1v) is 3.87. The van der Waals surface area contributed by atoms with E-state index in [1.54, 1.807) is 0 Å². The Kier molecular flexibility index (Phi) is 1.43. The highest BCUT2D eigenvalue weighted by molar-refractivity contribution is 5.84. The number of hydrogen-bond donors (Lipinski definition) is 1. The van der Waals surface area contributed by atoms with Crippen LogP contribution < -0.4 is 0 Å². The molecule has 64 valence electrons. The van der Waals surface area contributed by atoms with Crippen molar-refractivity contribution in [3.05, 3.63) is 17.8 Å². The summed E-state index contributed by atoms with van der Waals surface area (Å²) in [5.41, 5.74) is 0.00380. The molecule has 2 atom stereocenters. The number of carboxylic acid groups (broad SMARTS) is 1. The average molecular weight is 167 g/mol. The lowest BCUT2D eigenvalue weighted by Crippen LogP contribution is -1.96.